The highest BCUT2D eigenvalue weighted by atomic mass is 15.0. The normalized spacial score (nSPS) is 15.5. The smallest absolute Gasteiger partial charge is 0.163 e. The first-order chi connectivity index (χ1) is 16.8. The largest absolute Gasteiger partial charge is 0.369 e. The SMILES string of the molecule is c1ccc(C(CNc2nc(-c3ccc4nccn4c3)nc3ccccc23)C2CCCCC2)cc1. The molecule has 0 saturated heterocycles. The molecule has 0 bridgehead atoms. The van der Waals surface area contributed by atoms with Crippen LogP contribution in [-0.2, 0) is 0 Å². The van der Waals surface area contributed by atoms with Crippen molar-refractivity contribution in [3.8, 4) is 11.4 Å². The van der Waals surface area contributed by atoms with Crippen LogP contribution >= 0.6 is 0 Å². The van der Waals surface area contributed by atoms with E-state index in [4.69, 9.17) is 9.97 Å². The van der Waals surface area contributed by atoms with Gasteiger partial charge in [-0.25, -0.2) is 15.0 Å². The molecule has 0 aliphatic heterocycles. The van der Waals surface area contributed by atoms with Crippen molar-refractivity contribution >= 4 is 22.4 Å². The fourth-order valence-electron chi connectivity index (χ4n) is 5.39. The summed E-state index contributed by atoms with van der Waals surface area (Å²) in [6.07, 6.45) is 12.5. The van der Waals surface area contributed by atoms with Gasteiger partial charge in [0, 0.05) is 42.0 Å². The Morgan fingerprint density at radius 1 is 0.882 bits per heavy atom. The van der Waals surface area contributed by atoms with Crippen LogP contribution in [-0.4, -0.2) is 25.9 Å². The molecule has 1 aliphatic carbocycles. The zero-order chi connectivity index (χ0) is 22.7. The number of aromatic nitrogens is 4. The zero-order valence-corrected chi connectivity index (χ0v) is 19.3. The van der Waals surface area contributed by atoms with Gasteiger partial charge < -0.3 is 9.72 Å². The maximum absolute atomic E-state index is 5.02. The molecule has 5 nitrogen and oxygen atoms in total. The Bertz CT molecular complexity index is 1400. The van der Waals surface area contributed by atoms with E-state index in [9.17, 15) is 0 Å². The zero-order valence-electron chi connectivity index (χ0n) is 19.3. The molecular formula is C29H29N5. The van der Waals surface area contributed by atoms with Crippen molar-refractivity contribution in [2.75, 3.05) is 11.9 Å². The van der Waals surface area contributed by atoms with Crippen LogP contribution in [0.15, 0.2) is 85.3 Å². The third-order valence-electron chi connectivity index (χ3n) is 7.19. The lowest BCUT2D eigenvalue weighted by Crippen LogP contribution is -2.23. The van der Waals surface area contributed by atoms with E-state index in [0.29, 0.717) is 11.8 Å². The molecule has 0 spiro atoms. The second-order valence-corrected chi connectivity index (χ2v) is 9.32. The Labute approximate surface area is 199 Å². The summed E-state index contributed by atoms with van der Waals surface area (Å²) < 4.78 is 2.01. The van der Waals surface area contributed by atoms with E-state index in [-0.39, 0.29) is 0 Å². The van der Waals surface area contributed by atoms with E-state index >= 15 is 0 Å². The summed E-state index contributed by atoms with van der Waals surface area (Å²) in [6, 6.07) is 23.3. The summed E-state index contributed by atoms with van der Waals surface area (Å²) in [5, 5.41) is 4.82. The fraction of sp³-hybridized carbons (Fsp3) is 0.276. The Morgan fingerprint density at radius 3 is 2.59 bits per heavy atom. The van der Waals surface area contributed by atoms with Gasteiger partial charge >= 0.3 is 0 Å². The molecule has 1 N–H and O–H groups in total. The molecule has 1 aliphatic rings. The highest BCUT2D eigenvalue weighted by Gasteiger charge is 2.25. The number of imidazole rings is 1. The molecular weight excluding hydrogens is 418 g/mol. The first-order valence-corrected chi connectivity index (χ1v) is 12.3. The van der Waals surface area contributed by atoms with Crippen LogP contribution in [0.5, 0.6) is 0 Å². The minimum atomic E-state index is 0.473. The third-order valence-corrected chi connectivity index (χ3v) is 7.19. The summed E-state index contributed by atoms with van der Waals surface area (Å²) in [7, 11) is 0. The lowest BCUT2D eigenvalue weighted by atomic mass is 9.77. The van der Waals surface area contributed by atoms with E-state index in [2.05, 4.69) is 58.8 Å². The molecule has 1 saturated carbocycles. The van der Waals surface area contributed by atoms with Gasteiger partial charge in [-0.3, -0.25) is 0 Å². The minimum Gasteiger partial charge on any atom is -0.369 e. The summed E-state index contributed by atoms with van der Waals surface area (Å²) in [6.45, 7) is 0.871. The lowest BCUT2D eigenvalue weighted by Gasteiger charge is -2.31. The first kappa shape index (κ1) is 20.8. The molecule has 1 fully saturated rings. The predicted octanol–water partition coefficient (Wildman–Crippen LogP) is 6.72. The van der Waals surface area contributed by atoms with E-state index in [1.807, 2.05) is 41.2 Å². The average Bonchev–Trinajstić information content (AvgIpc) is 3.38. The monoisotopic (exact) mass is 447 g/mol. The summed E-state index contributed by atoms with van der Waals surface area (Å²) >= 11 is 0. The number of para-hydroxylation sites is 1. The molecule has 170 valence electrons. The minimum absolute atomic E-state index is 0.473. The molecule has 0 amide bonds. The van der Waals surface area contributed by atoms with Gasteiger partial charge in [-0.05, 0) is 48.6 Å². The second kappa shape index (κ2) is 9.26. The van der Waals surface area contributed by atoms with Crippen molar-refractivity contribution in [1.82, 2.24) is 19.4 Å². The third kappa shape index (κ3) is 4.14. The maximum Gasteiger partial charge on any atom is 0.163 e. The molecule has 6 rings (SSSR count). The topological polar surface area (TPSA) is 55.1 Å². The second-order valence-electron chi connectivity index (χ2n) is 9.32. The standard InChI is InChI=1S/C29H29N5/c1-3-9-21(10-4-1)25(22-11-5-2-6-12-22)19-31-29-24-13-7-8-14-26(24)32-28(33-29)23-15-16-27-30-17-18-34(27)20-23/h1,3-4,7-10,13-18,20,22,25H,2,5-6,11-12,19H2,(H,31,32,33). The fourth-order valence-corrected chi connectivity index (χ4v) is 5.39. The van der Waals surface area contributed by atoms with E-state index < -0.39 is 0 Å². The Morgan fingerprint density at radius 2 is 1.71 bits per heavy atom. The highest BCUT2D eigenvalue weighted by molar-refractivity contribution is 5.90. The van der Waals surface area contributed by atoms with Gasteiger partial charge in [0.25, 0.3) is 0 Å². The summed E-state index contributed by atoms with van der Waals surface area (Å²) in [5.41, 5.74) is 4.27. The number of nitrogens with zero attached hydrogens (tertiary/aromatic N) is 4. The number of pyridine rings is 1. The number of nitrogens with one attached hydrogen (secondary N) is 1. The van der Waals surface area contributed by atoms with Crippen LogP contribution in [0.1, 0.15) is 43.6 Å². The van der Waals surface area contributed by atoms with Gasteiger partial charge in [0.05, 0.1) is 5.52 Å². The van der Waals surface area contributed by atoms with Crippen LogP contribution in [0, 0.1) is 5.92 Å². The van der Waals surface area contributed by atoms with Gasteiger partial charge in [0.1, 0.15) is 11.5 Å². The number of hydrogen-bond acceptors (Lipinski definition) is 4. The van der Waals surface area contributed by atoms with Crippen LogP contribution in [0.2, 0.25) is 0 Å². The van der Waals surface area contributed by atoms with Crippen molar-refractivity contribution in [3.63, 3.8) is 0 Å². The molecule has 34 heavy (non-hydrogen) atoms. The first-order valence-electron chi connectivity index (χ1n) is 12.3. The van der Waals surface area contributed by atoms with Crippen LogP contribution in [0.25, 0.3) is 27.9 Å². The van der Waals surface area contributed by atoms with Crippen LogP contribution in [0.3, 0.4) is 0 Å². The van der Waals surface area contributed by atoms with E-state index in [1.165, 1.54) is 37.7 Å². The van der Waals surface area contributed by atoms with Crippen molar-refractivity contribution < 1.29 is 0 Å². The molecule has 1 atom stereocenters. The molecule has 0 radical (unpaired) electrons. The highest BCUT2D eigenvalue weighted by Crippen LogP contribution is 2.36. The van der Waals surface area contributed by atoms with E-state index in [1.54, 1.807) is 0 Å². The Kier molecular flexibility index (Phi) is 5.68. The summed E-state index contributed by atoms with van der Waals surface area (Å²) in [5.74, 6) is 2.81. The number of hydrogen-bond donors (Lipinski definition) is 1. The Balaban J connectivity index is 1.36. The van der Waals surface area contributed by atoms with Gasteiger partial charge in [-0.2, -0.15) is 0 Å². The molecule has 3 aromatic heterocycles. The van der Waals surface area contributed by atoms with Gasteiger partial charge in [-0.1, -0.05) is 61.7 Å². The number of benzene rings is 2. The molecule has 5 aromatic rings. The van der Waals surface area contributed by atoms with Crippen molar-refractivity contribution in [2.24, 2.45) is 5.92 Å². The van der Waals surface area contributed by atoms with E-state index in [0.717, 1.165) is 40.3 Å². The van der Waals surface area contributed by atoms with Crippen LogP contribution < -0.4 is 5.32 Å². The average molecular weight is 448 g/mol. The summed E-state index contributed by atoms with van der Waals surface area (Å²) in [4.78, 5) is 14.3. The van der Waals surface area contributed by atoms with Gasteiger partial charge in [-0.15, -0.1) is 0 Å². The van der Waals surface area contributed by atoms with Crippen molar-refractivity contribution in [2.45, 2.75) is 38.0 Å². The Hall–Kier alpha value is -3.73. The number of anilines is 1. The molecule has 1 unspecified atom stereocenters. The van der Waals surface area contributed by atoms with Gasteiger partial charge in [0.2, 0.25) is 0 Å². The van der Waals surface area contributed by atoms with Crippen molar-refractivity contribution in [1.29, 1.82) is 0 Å². The molecule has 5 heteroatoms. The predicted molar refractivity (Wildman–Crippen MR) is 138 cm³/mol. The number of fused-ring (bicyclic) bond motifs is 2. The van der Waals surface area contributed by atoms with Gasteiger partial charge in [0.15, 0.2) is 5.82 Å². The molecule has 3 heterocycles. The molecule has 2 aromatic carbocycles. The maximum atomic E-state index is 5.02. The number of rotatable bonds is 6. The van der Waals surface area contributed by atoms with Crippen LogP contribution in [0.4, 0.5) is 5.82 Å². The van der Waals surface area contributed by atoms with Crippen molar-refractivity contribution in [3.05, 3.63) is 90.9 Å². The quantitative estimate of drug-likeness (QED) is 0.314. The lowest BCUT2D eigenvalue weighted by molar-refractivity contribution is 0.311.